The first kappa shape index (κ1) is 31.9. The number of benzene rings is 6. The van der Waals surface area contributed by atoms with E-state index in [4.69, 9.17) is 23.8 Å². The lowest BCUT2D eigenvalue weighted by Gasteiger charge is -2.24. The molecule has 0 spiro atoms. The maximum absolute atomic E-state index is 6.60. The van der Waals surface area contributed by atoms with Crippen LogP contribution >= 0.6 is 0 Å². The van der Waals surface area contributed by atoms with Gasteiger partial charge in [0.1, 0.15) is 22.7 Å². The topological polar surface area (TPSA) is 65.0 Å². The zero-order valence-corrected chi connectivity index (χ0v) is 30.0. The lowest BCUT2D eigenvalue weighted by molar-refractivity contribution is 0.453. The highest BCUT2D eigenvalue weighted by molar-refractivity contribution is 6.08. The van der Waals surface area contributed by atoms with E-state index >= 15 is 0 Å². The Kier molecular flexibility index (Phi) is 7.48. The molecule has 1 unspecified atom stereocenters. The summed E-state index contributed by atoms with van der Waals surface area (Å²) in [5, 5.41) is 6.93. The summed E-state index contributed by atoms with van der Waals surface area (Å²) in [6.45, 7) is 4.25. The van der Waals surface area contributed by atoms with Crippen molar-refractivity contribution in [2.45, 2.75) is 20.3 Å². The Morgan fingerprint density at radius 2 is 1.33 bits per heavy atom. The van der Waals surface area contributed by atoms with Crippen LogP contribution in [0.1, 0.15) is 29.6 Å². The predicted octanol–water partition coefficient (Wildman–Crippen LogP) is 12.8. The minimum Gasteiger partial charge on any atom is -0.461 e. The smallest absolute Gasteiger partial charge is 0.164 e. The number of furan rings is 2. The van der Waals surface area contributed by atoms with Crippen LogP contribution in [0, 0.1) is 12.3 Å². The average molecular weight is 698 g/mol. The molecule has 0 radical (unpaired) electrons. The number of rotatable bonds is 6. The third-order valence-corrected chi connectivity index (χ3v) is 10.6. The van der Waals surface area contributed by atoms with Crippen molar-refractivity contribution in [2.24, 2.45) is 5.41 Å². The summed E-state index contributed by atoms with van der Waals surface area (Å²) >= 11 is 0. The molecule has 54 heavy (non-hydrogen) atoms. The number of hydrogen-bond donors (Lipinski definition) is 0. The molecule has 3 heterocycles. The van der Waals surface area contributed by atoms with Crippen molar-refractivity contribution in [3.8, 4) is 34.2 Å². The van der Waals surface area contributed by atoms with Gasteiger partial charge in [-0.3, -0.25) is 0 Å². The van der Waals surface area contributed by atoms with Crippen molar-refractivity contribution >= 4 is 55.6 Å². The highest BCUT2D eigenvalue weighted by atomic mass is 16.3. The van der Waals surface area contributed by atoms with Crippen LogP contribution in [-0.4, -0.2) is 15.0 Å². The lowest BCUT2D eigenvalue weighted by Crippen LogP contribution is -2.16. The van der Waals surface area contributed by atoms with Gasteiger partial charge in [-0.15, -0.1) is 0 Å². The van der Waals surface area contributed by atoms with E-state index in [0.717, 1.165) is 73.1 Å². The van der Waals surface area contributed by atoms with E-state index < -0.39 is 0 Å². The Balaban J connectivity index is 1.03. The van der Waals surface area contributed by atoms with Crippen LogP contribution in [-0.2, 0) is 6.42 Å². The fourth-order valence-corrected chi connectivity index (χ4v) is 7.82. The Bertz CT molecular complexity index is 3000. The lowest BCUT2D eigenvalue weighted by atomic mass is 9.80. The molecule has 9 aromatic rings. The molecule has 0 bridgehead atoms. The van der Waals surface area contributed by atoms with Crippen molar-refractivity contribution in [3.05, 3.63) is 174 Å². The molecule has 0 amide bonds. The summed E-state index contributed by atoms with van der Waals surface area (Å²) in [5.41, 5.74) is 6.47. The SMILES string of the molecule is Cc1oc2ccccc2c1/C=C\C=C\C1(C)C=Cc2c(oc3cccc(-c4nc(-c5ccccc5)nc(-c5ccc6c(ccc7ccccc76)c5)n4)c23)C1. The van der Waals surface area contributed by atoms with Gasteiger partial charge in [-0.2, -0.15) is 0 Å². The maximum atomic E-state index is 6.60. The number of nitrogens with zero attached hydrogens (tertiary/aromatic N) is 3. The van der Waals surface area contributed by atoms with Crippen molar-refractivity contribution in [1.82, 2.24) is 15.0 Å². The number of aromatic nitrogens is 3. The molecule has 10 rings (SSSR count). The van der Waals surface area contributed by atoms with E-state index in [1.807, 2.05) is 67.6 Å². The number of fused-ring (bicyclic) bond motifs is 7. The summed E-state index contributed by atoms with van der Waals surface area (Å²) < 4.78 is 12.6. The first-order valence-electron chi connectivity index (χ1n) is 18.3. The zero-order valence-electron chi connectivity index (χ0n) is 30.0. The number of aryl methyl sites for hydroxylation is 1. The molecule has 1 aliphatic rings. The van der Waals surface area contributed by atoms with Gasteiger partial charge < -0.3 is 8.83 Å². The van der Waals surface area contributed by atoms with E-state index in [1.165, 1.54) is 16.2 Å². The van der Waals surface area contributed by atoms with Crippen LogP contribution in [0.25, 0.3) is 89.8 Å². The molecule has 6 aromatic carbocycles. The Morgan fingerprint density at radius 3 is 2.22 bits per heavy atom. The van der Waals surface area contributed by atoms with Crippen LogP contribution in [0.3, 0.4) is 0 Å². The number of para-hydroxylation sites is 1. The van der Waals surface area contributed by atoms with Gasteiger partial charge in [0.2, 0.25) is 0 Å². The molecule has 1 aliphatic carbocycles. The largest absolute Gasteiger partial charge is 0.461 e. The monoisotopic (exact) mass is 697 g/mol. The van der Waals surface area contributed by atoms with Crippen molar-refractivity contribution in [1.29, 1.82) is 0 Å². The second-order valence-corrected chi connectivity index (χ2v) is 14.3. The Labute approximate surface area is 312 Å². The van der Waals surface area contributed by atoms with E-state index in [9.17, 15) is 0 Å². The van der Waals surface area contributed by atoms with Gasteiger partial charge in [0.15, 0.2) is 17.5 Å². The highest BCUT2D eigenvalue weighted by Gasteiger charge is 2.29. The molecular formula is C49H35N3O2. The van der Waals surface area contributed by atoms with Crippen LogP contribution in [0.4, 0.5) is 0 Å². The van der Waals surface area contributed by atoms with E-state index in [0.29, 0.717) is 17.5 Å². The fraction of sp³-hybridized carbons (Fsp3) is 0.0816. The Hall–Kier alpha value is -6.85. The van der Waals surface area contributed by atoms with Gasteiger partial charge in [0.05, 0.1) is 0 Å². The summed E-state index contributed by atoms with van der Waals surface area (Å²) in [7, 11) is 0. The van der Waals surface area contributed by atoms with Crippen molar-refractivity contribution in [2.75, 3.05) is 0 Å². The molecule has 258 valence electrons. The third kappa shape index (κ3) is 5.53. The normalized spacial score (nSPS) is 15.7. The van der Waals surface area contributed by atoms with Gasteiger partial charge in [-0.05, 0) is 46.7 Å². The van der Waals surface area contributed by atoms with Crippen molar-refractivity contribution in [3.63, 3.8) is 0 Å². The molecule has 0 fully saturated rings. The van der Waals surface area contributed by atoms with Crippen molar-refractivity contribution < 1.29 is 8.83 Å². The summed E-state index contributed by atoms with van der Waals surface area (Å²) in [6, 6.07) is 43.7. The van der Waals surface area contributed by atoms with E-state index in [2.05, 4.69) is 110 Å². The van der Waals surface area contributed by atoms with Gasteiger partial charge in [0.25, 0.3) is 0 Å². The quantitative estimate of drug-likeness (QED) is 0.128. The van der Waals surface area contributed by atoms with Gasteiger partial charge in [0, 0.05) is 50.4 Å². The van der Waals surface area contributed by atoms with Gasteiger partial charge in [-0.1, -0.05) is 153 Å². The Morgan fingerprint density at radius 1 is 0.611 bits per heavy atom. The summed E-state index contributed by atoms with van der Waals surface area (Å²) in [5.74, 6) is 3.73. The molecule has 0 N–H and O–H groups in total. The standard InChI is InChI=1S/C49H35N3O2/c1-31-36(39-18-8-9-20-42(39)53-31)16-10-11-27-49(2)28-26-40-44(30-49)54-43-21-12-19-41(45(40)43)48-51-46(33-14-4-3-5-15-33)50-47(52-48)35-24-25-38-34(29-35)23-22-32-13-6-7-17-37(32)38/h3-29H,30H2,1-2H3/b16-10-,27-11+. The number of allylic oxidation sites excluding steroid dienone is 4. The minimum absolute atomic E-state index is 0.221. The molecule has 5 heteroatoms. The molecular weight excluding hydrogens is 663 g/mol. The molecule has 0 saturated heterocycles. The van der Waals surface area contributed by atoms with Crippen LogP contribution in [0.5, 0.6) is 0 Å². The predicted molar refractivity (Wildman–Crippen MR) is 221 cm³/mol. The van der Waals surface area contributed by atoms with E-state index in [1.54, 1.807) is 0 Å². The summed E-state index contributed by atoms with van der Waals surface area (Å²) in [6.07, 6.45) is 13.8. The third-order valence-electron chi connectivity index (χ3n) is 10.6. The van der Waals surface area contributed by atoms with Crippen LogP contribution in [0.2, 0.25) is 0 Å². The summed E-state index contributed by atoms with van der Waals surface area (Å²) in [4.78, 5) is 15.3. The average Bonchev–Trinajstić information content (AvgIpc) is 3.74. The second kappa shape index (κ2) is 12.7. The second-order valence-electron chi connectivity index (χ2n) is 14.3. The first-order chi connectivity index (χ1) is 26.5. The first-order valence-corrected chi connectivity index (χ1v) is 18.3. The number of hydrogen-bond acceptors (Lipinski definition) is 5. The highest BCUT2D eigenvalue weighted by Crippen LogP contribution is 2.42. The van der Waals surface area contributed by atoms with E-state index in [-0.39, 0.29) is 5.41 Å². The van der Waals surface area contributed by atoms with Gasteiger partial charge in [-0.25, -0.2) is 15.0 Å². The molecule has 0 aliphatic heterocycles. The molecule has 1 atom stereocenters. The van der Waals surface area contributed by atoms with Crippen LogP contribution in [0.15, 0.2) is 161 Å². The van der Waals surface area contributed by atoms with Crippen LogP contribution < -0.4 is 0 Å². The minimum atomic E-state index is -0.221. The molecule has 5 nitrogen and oxygen atoms in total. The molecule has 3 aromatic heterocycles. The molecule has 0 saturated carbocycles. The fourth-order valence-electron chi connectivity index (χ4n) is 7.82. The maximum Gasteiger partial charge on any atom is 0.164 e. The zero-order chi connectivity index (χ0) is 36.2. The van der Waals surface area contributed by atoms with Gasteiger partial charge >= 0.3 is 0 Å².